The molecular formula is C31H20FN. The number of pyridine rings is 1. The van der Waals surface area contributed by atoms with Crippen molar-refractivity contribution >= 4 is 21.5 Å². The molecule has 156 valence electrons. The number of benzene rings is 5. The number of hydrogen-bond donors (Lipinski definition) is 0. The van der Waals surface area contributed by atoms with Crippen molar-refractivity contribution in [2.75, 3.05) is 0 Å². The Balaban J connectivity index is 1.56. The van der Waals surface area contributed by atoms with Crippen LogP contribution >= 0.6 is 0 Å². The molecule has 0 atom stereocenters. The third-order valence-electron chi connectivity index (χ3n) is 6.09. The fourth-order valence-corrected chi connectivity index (χ4v) is 4.33. The van der Waals surface area contributed by atoms with E-state index in [1.807, 2.05) is 24.3 Å². The maximum atomic E-state index is 13.6. The van der Waals surface area contributed by atoms with Gasteiger partial charge in [-0.15, -0.1) is 0 Å². The topological polar surface area (TPSA) is 12.9 Å². The van der Waals surface area contributed by atoms with Crippen molar-refractivity contribution in [1.82, 2.24) is 4.98 Å². The summed E-state index contributed by atoms with van der Waals surface area (Å²) in [6.07, 6.45) is 0. The molecule has 1 heterocycles. The van der Waals surface area contributed by atoms with Crippen LogP contribution in [-0.2, 0) is 0 Å². The molecule has 0 radical (unpaired) electrons. The molecule has 5 aromatic carbocycles. The van der Waals surface area contributed by atoms with Gasteiger partial charge in [-0.2, -0.15) is 0 Å². The van der Waals surface area contributed by atoms with Gasteiger partial charge in [0, 0.05) is 11.1 Å². The van der Waals surface area contributed by atoms with Crippen LogP contribution in [0.3, 0.4) is 0 Å². The first-order valence-electron chi connectivity index (χ1n) is 11.0. The number of rotatable bonds is 3. The maximum absolute atomic E-state index is 13.6. The average Bonchev–Trinajstić information content (AvgIpc) is 2.88. The summed E-state index contributed by atoms with van der Waals surface area (Å²) < 4.78 is 13.6. The summed E-state index contributed by atoms with van der Waals surface area (Å²) in [4.78, 5) is 5.06. The second-order valence-corrected chi connectivity index (χ2v) is 8.26. The zero-order valence-electron chi connectivity index (χ0n) is 17.9. The van der Waals surface area contributed by atoms with Gasteiger partial charge in [-0.25, -0.2) is 9.37 Å². The minimum absolute atomic E-state index is 0.239. The molecule has 0 aliphatic carbocycles. The molecule has 0 saturated carbocycles. The summed E-state index contributed by atoms with van der Waals surface area (Å²) >= 11 is 0. The molecule has 0 unspecified atom stereocenters. The van der Waals surface area contributed by atoms with Gasteiger partial charge in [0.05, 0.1) is 11.4 Å². The minimum atomic E-state index is -0.239. The molecule has 33 heavy (non-hydrogen) atoms. The van der Waals surface area contributed by atoms with E-state index in [0.29, 0.717) is 0 Å². The van der Waals surface area contributed by atoms with Crippen molar-refractivity contribution in [1.29, 1.82) is 0 Å². The first kappa shape index (κ1) is 19.4. The molecule has 1 aromatic heterocycles. The Hall–Kier alpha value is -4.30. The van der Waals surface area contributed by atoms with E-state index in [1.54, 1.807) is 0 Å². The van der Waals surface area contributed by atoms with Gasteiger partial charge >= 0.3 is 0 Å². The summed E-state index contributed by atoms with van der Waals surface area (Å²) in [6.45, 7) is 0. The molecule has 0 bridgehead atoms. The predicted molar refractivity (Wildman–Crippen MR) is 136 cm³/mol. The van der Waals surface area contributed by atoms with Crippen LogP contribution in [0, 0.1) is 5.82 Å². The lowest BCUT2D eigenvalue weighted by Gasteiger charge is -2.12. The molecule has 0 spiro atoms. The Morgan fingerprint density at radius 3 is 1.36 bits per heavy atom. The van der Waals surface area contributed by atoms with Crippen molar-refractivity contribution in [3.05, 3.63) is 127 Å². The number of nitrogens with zero attached hydrogens (tertiary/aromatic N) is 1. The first-order valence-corrected chi connectivity index (χ1v) is 11.0. The number of fused-ring (bicyclic) bond motifs is 2. The van der Waals surface area contributed by atoms with E-state index in [0.717, 1.165) is 33.6 Å². The van der Waals surface area contributed by atoms with Crippen LogP contribution in [0.25, 0.3) is 55.2 Å². The van der Waals surface area contributed by atoms with E-state index in [2.05, 4.69) is 84.9 Å². The highest BCUT2D eigenvalue weighted by Gasteiger charge is 2.10. The molecule has 0 N–H and O–H groups in total. The Labute approximate surface area is 191 Å². The van der Waals surface area contributed by atoms with Gasteiger partial charge in [-0.1, -0.05) is 84.9 Å². The molecule has 0 aliphatic rings. The van der Waals surface area contributed by atoms with Gasteiger partial charge < -0.3 is 0 Å². The van der Waals surface area contributed by atoms with E-state index >= 15 is 0 Å². The van der Waals surface area contributed by atoms with Crippen molar-refractivity contribution in [2.45, 2.75) is 0 Å². The fraction of sp³-hybridized carbons (Fsp3) is 0. The van der Waals surface area contributed by atoms with Gasteiger partial charge in [-0.3, -0.25) is 0 Å². The van der Waals surface area contributed by atoms with Gasteiger partial charge in [0.2, 0.25) is 0 Å². The van der Waals surface area contributed by atoms with Crippen LogP contribution in [0.4, 0.5) is 4.39 Å². The number of hydrogen-bond acceptors (Lipinski definition) is 1. The summed E-state index contributed by atoms with van der Waals surface area (Å²) in [5.41, 5.74) is 5.87. The standard InChI is InChI=1S/C31H20FN/c32-29-15-13-23(14-16-29)28-19-30(26-11-9-21-5-1-3-7-24(21)17-26)33-31(20-28)27-12-10-22-6-2-4-8-25(22)18-27/h1-20H. The van der Waals surface area contributed by atoms with Crippen LogP contribution in [0.5, 0.6) is 0 Å². The molecule has 0 amide bonds. The lowest BCUT2D eigenvalue weighted by molar-refractivity contribution is 0.628. The van der Waals surface area contributed by atoms with Gasteiger partial charge in [0.15, 0.2) is 0 Å². The lowest BCUT2D eigenvalue weighted by atomic mass is 9.98. The molecule has 6 rings (SSSR count). The fourth-order valence-electron chi connectivity index (χ4n) is 4.33. The zero-order chi connectivity index (χ0) is 22.2. The largest absolute Gasteiger partial charge is 0.248 e. The SMILES string of the molecule is Fc1ccc(-c2cc(-c3ccc4ccccc4c3)nc(-c3ccc4ccccc4c3)c2)cc1. The quantitative estimate of drug-likeness (QED) is 0.277. The molecule has 6 aromatic rings. The molecule has 2 heteroatoms. The second-order valence-electron chi connectivity index (χ2n) is 8.26. The second kappa shape index (κ2) is 7.99. The summed E-state index contributed by atoms with van der Waals surface area (Å²) in [6, 6.07) is 40.3. The predicted octanol–water partition coefficient (Wildman–Crippen LogP) is 8.53. The van der Waals surface area contributed by atoms with Gasteiger partial charge in [0.25, 0.3) is 0 Å². The van der Waals surface area contributed by atoms with Crippen LogP contribution in [-0.4, -0.2) is 4.98 Å². The number of halogens is 1. The van der Waals surface area contributed by atoms with Crippen LogP contribution in [0.15, 0.2) is 121 Å². The van der Waals surface area contributed by atoms with Crippen LogP contribution < -0.4 is 0 Å². The van der Waals surface area contributed by atoms with E-state index in [9.17, 15) is 4.39 Å². The van der Waals surface area contributed by atoms with E-state index in [-0.39, 0.29) is 5.82 Å². The van der Waals surface area contributed by atoms with E-state index in [1.165, 1.54) is 33.7 Å². The van der Waals surface area contributed by atoms with Gasteiger partial charge in [-0.05, 0) is 69.1 Å². The molecule has 1 nitrogen and oxygen atoms in total. The number of aromatic nitrogens is 1. The molecule has 0 aliphatic heterocycles. The zero-order valence-corrected chi connectivity index (χ0v) is 17.9. The Bertz CT molecular complexity index is 1520. The lowest BCUT2D eigenvalue weighted by Crippen LogP contribution is -1.92. The highest BCUT2D eigenvalue weighted by Crippen LogP contribution is 2.32. The Morgan fingerprint density at radius 1 is 0.394 bits per heavy atom. The summed E-state index contributed by atoms with van der Waals surface area (Å²) in [5, 5.41) is 4.75. The maximum Gasteiger partial charge on any atom is 0.123 e. The summed E-state index contributed by atoms with van der Waals surface area (Å²) in [5.74, 6) is -0.239. The molecule has 0 saturated heterocycles. The van der Waals surface area contributed by atoms with Crippen LogP contribution in [0.1, 0.15) is 0 Å². The van der Waals surface area contributed by atoms with Crippen molar-refractivity contribution in [3.63, 3.8) is 0 Å². The van der Waals surface area contributed by atoms with E-state index in [4.69, 9.17) is 4.98 Å². The normalized spacial score (nSPS) is 11.2. The third kappa shape index (κ3) is 3.77. The molecule has 0 fully saturated rings. The smallest absolute Gasteiger partial charge is 0.123 e. The van der Waals surface area contributed by atoms with Crippen molar-refractivity contribution in [3.8, 4) is 33.6 Å². The molecular weight excluding hydrogens is 405 g/mol. The van der Waals surface area contributed by atoms with E-state index < -0.39 is 0 Å². The summed E-state index contributed by atoms with van der Waals surface area (Å²) in [7, 11) is 0. The van der Waals surface area contributed by atoms with Gasteiger partial charge in [0.1, 0.15) is 5.82 Å². The van der Waals surface area contributed by atoms with Crippen molar-refractivity contribution < 1.29 is 4.39 Å². The highest BCUT2D eigenvalue weighted by atomic mass is 19.1. The highest BCUT2D eigenvalue weighted by molar-refractivity contribution is 5.89. The Morgan fingerprint density at radius 2 is 0.848 bits per heavy atom. The average molecular weight is 426 g/mol. The third-order valence-corrected chi connectivity index (χ3v) is 6.09. The minimum Gasteiger partial charge on any atom is -0.248 e. The van der Waals surface area contributed by atoms with Crippen LogP contribution in [0.2, 0.25) is 0 Å². The van der Waals surface area contributed by atoms with Crippen molar-refractivity contribution in [2.24, 2.45) is 0 Å². The first-order chi connectivity index (χ1) is 16.2. The Kier molecular flexibility index (Phi) is 4.70. The monoisotopic (exact) mass is 425 g/mol.